The van der Waals surface area contributed by atoms with E-state index in [-0.39, 0.29) is 11.8 Å². The summed E-state index contributed by atoms with van der Waals surface area (Å²) in [5, 5.41) is 14.0. The van der Waals surface area contributed by atoms with E-state index < -0.39 is 12.1 Å². The number of nitrogens with one attached hydrogen (secondary N) is 2. The minimum absolute atomic E-state index is 0.0434. The Morgan fingerprint density at radius 2 is 2.56 bits per heavy atom. The van der Waals surface area contributed by atoms with Gasteiger partial charge in [0.2, 0.25) is 5.91 Å². The maximum absolute atomic E-state index is 11.4. The fourth-order valence-corrected chi connectivity index (χ4v) is 1.69. The molecule has 1 fully saturated rings. The molecule has 6 nitrogen and oxygen atoms in total. The molecule has 1 heterocycles. The Labute approximate surface area is 93.9 Å². The molecule has 1 rings (SSSR count). The topological polar surface area (TPSA) is 91.2 Å². The zero-order chi connectivity index (χ0) is 12.0. The first-order chi connectivity index (χ1) is 7.67. The van der Waals surface area contributed by atoms with Gasteiger partial charge in [0.1, 0.15) is 6.04 Å². The lowest BCUT2D eigenvalue weighted by Gasteiger charge is -2.23. The summed E-state index contributed by atoms with van der Waals surface area (Å²) in [7, 11) is 1.23. The van der Waals surface area contributed by atoms with Crippen LogP contribution in [0.15, 0.2) is 0 Å². The highest BCUT2D eigenvalue weighted by Gasteiger charge is 2.26. The van der Waals surface area contributed by atoms with Crippen LogP contribution in [0.5, 0.6) is 0 Å². The van der Waals surface area contributed by atoms with Crippen molar-refractivity contribution in [1.82, 2.24) is 10.6 Å². The van der Waals surface area contributed by atoms with Crippen molar-refractivity contribution in [3.63, 3.8) is 0 Å². The molecule has 2 amide bonds. The monoisotopic (exact) mass is 225 g/mol. The van der Waals surface area contributed by atoms with Gasteiger partial charge in [0.25, 0.3) is 0 Å². The van der Waals surface area contributed by atoms with E-state index in [9.17, 15) is 9.59 Å². The first-order valence-electron chi connectivity index (χ1n) is 5.19. The minimum atomic E-state index is -0.679. The summed E-state index contributed by atoms with van der Waals surface area (Å²) in [5.41, 5.74) is 0. The fourth-order valence-electron chi connectivity index (χ4n) is 1.69. The maximum Gasteiger partial charge on any atom is 0.407 e. The number of rotatable bonds is 3. The van der Waals surface area contributed by atoms with E-state index in [0.717, 1.165) is 12.8 Å². The Morgan fingerprint density at radius 3 is 3.12 bits per heavy atom. The number of nitrogens with zero attached hydrogens (tertiary/aromatic N) is 1. The van der Waals surface area contributed by atoms with Crippen molar-refractivity contribution in [2.75, 3.05) is 13.7 Å². The van der Waals surface area contributed by atoms with Crippen molar-refractivity contribution in [3.05, 3.63) is 0 Å². The summed E-state index contributed by atoms with van der Waals surface area (Å²) >= 11 is 0. The Bertz CT molecular complexity index is 311. The second-order valence-corrected chi connectivity index (χ2v) is 3.68. The molecule has 0 aliphatic carbocycles. The molecule has 2 atom stereocenters. The standard InChI is InChI=1S/C10H15N3O3/c1-16-10(15)13-8(6-11)5-7-3-2-4-12-9(7)14/h7-8H,2-5H2,1H3,(H,12,14)(H,13,15)/t7-,8-/m0/s1. The zero-order valence-electron chi connectivity index (χ0n) is 9.16. The average Bonchev–Trinajstić information content (AvgIpc) is 2.30. The van der Waals surface area contributed by atoms with Crippen LogP contribution in [0.3, 0.4) is 0 Å². The minimum Gasteiger partial charge on any atom is -0.453 e. The van der Waals surface area contributed by atoms with Gasteiger partial charge in [0.05, 0.1) is 13.2 Å². The lowest BCUT2D eigenvalue weighted by atomic mass is 9.92. The van der Waals surface area contributed by atoms with Crippen molar-refractivity contribution in [3.8, 4) is 6.07 Å². The van der Waals surface area contributed by atoms with Gasteiger partial charge in [-0.1, -0.05) is 0 Å². The zero-order valence-corrected chi connectivity index (χ0v) is 9.16. The molecule has 0 aromatic carbocycles. The number of piperidine rings is 1. The van der Waals surface area contributed by atoms with Crippen molar-refractivity contribution < 1.29 is 14.3 Å². The van der Waals surface area contributed by atoms with Crippen LogP contribution in [0, 0.1) is 17.2 Å². The molecule has 16 heavy (non-hydrogen) atoms. The molecule has 88 valence electrons. The number of ether oxygens (including phenoxy) is 1. The van der Waals surface area contributed by atoms with Gasteiger partial charge in [0.15, 0.2) is 0 Å². The van der Waals surface area contributed by atoms with Crippen molar-refractivity contribution in [2.45, 2.75) is 25.3 Å². The number of hydrogen-bond acceptors (Lipinski definition) is 4. The largest absolute Gasteiger partial charge is 0.453 e. The van der Waals surface area contributed by atoms with E-state index >= 15 is 0 Å². The number of nitriles is 1. The van der Waals surface area contributed by atoms with Crippen LogP contribution < -0.4 is 10.6 Å². The highest BCUT2D eigenvalue weighted by atomic mass is 16.5. The van der Waals surface area contributed by atoms with E-state index in [1.807, 2.05) is 6.07 Å². The molecular weight excluding hydrogens is 210 g/mol. The van der Waals surface area contributed by atoms with E-state index in [4.69, 9.17) is 5.26 Å². The van der Waals surface area contributed by atoms with E-state index in [2.05, 4.69) is 15.4 Å². The number of amides is 2. The Kier molecular flexibility index (Phi) is 4.58. The molecule has 0 aromatic heterocycles. The summed E-state index contributed by atoms with van der Waals surface area (Å²) in [6.45, 7) is 0.691. The quantitative estimate of drug-likeness (QED) is 0.715. The van der Waals surface area contributed by atoms with Crippen LogP contribution in [0.4, 0.5) is 4.79 Å². The van der Waals surface area contributed by atoms with E-state index in [1.165, 1.54) is 7.11 Å². The summed E-state index contributed by atoms with van der Waals surface area (Å²) in [5.74, 6) is -0.242. The first-order valence-corrected chi connectivity index (χ1v) is 5.19. The molecule has 0 unspecified atom stereocenters. The van der Waals surface area contributed by atoms with Gasteiger partial charge in [0, 0.05) is 12.5 Å². The average molecular weight is 225 g/mol. The second kappa shape index (κ2) is 5.95. The van der Waals surface area contributed by atoms with Crippen LogP contribution in [-0.2, 0) is 9.53 Å². The number of hydrogen-bond donors (Lipinski definition) is 2. The van der Waals surface area contributed by atoms with Gasteiger partial charge in [-0.05, 0) is 19.3 Å². The van der Waals surface area contributed by atoms with Gasteiger partial charge in [-0.2, -0.15) is 5.26 Å². The van der Waals surface area contributed by atoms with Crippen LogP contribution in [-0.4, -0.2) is 31.7 Å². The molecule has 0 bridgehead atoms. The lowest BCUT2D eigenvalue weighted by molar-refractivity contribution is -0.126. The third-order valence-corrected chi connectivity index (χ3v) is 2.55. The molecule has 1 saturated heterocycles. The summed E-state index contributed by atoms with van der Waals surface area (Å²) in [6.07, 6.45) is 1.35. The highest BCUT2D eigenvalue weighted by molar-refractivity contribution is 5.79. The normalized spacial score (nSPS) is 21.5. The summed E-state index contributed by atoms with van der Waals surface area (Å²) in [6, 6.07) is 1.26. The number of carbonyl (C=O) groups is 2. The highest BCUT2D eigenvalue weighted by Crippen LogP contribution is 2.17. The van der Waals surface area contributed by atoms with Crippen molar-refractivity contribution >= 4 is 12.0 Å². The Balaban J connectivity index is 2.46. The SMILES string of the molecule is COC(=O)N[C@H](C#N)C[C@@H]1CCCNC1=O. The predicted octanol–water partition coefficient (Wildman–Crippen LogP) is 0.151. The van der Waals surface area contributed by atoms with Crippen LogP contribution in [0.1, 0.15) is 19.3 Å². The second-order valence-electron chi connectivity index (χ2n) is 3.68. The lowest BCUT2D eigenvalue weighted by Crippen LogP contribution is -2.41. The summed E-state index contributed by atoms with van der Waals surface area (Å²) < 4.78 is 4.40. The molecule has 0 spiro atoms. The number of methoxy groups -OCH3 is 1. The van der Waals surface area contributed by atoms with Gasteiger partial charge < -0.3 is 15.4 Å². The molecular formula is C10H15N3O3. The number of alkyl carbamates (subject to hydrolysis) is 1. The predicted molar refractivity (Wildman–Crippen MR) is 55.3 cm³/mol. The Morgan fingerprint density at radius 1 is 1.81 bits per heavy atom. The van der Waals surface area contributed by atoms with Crippen LogP contribution >= 0.6 is 0 Å². The van der Waals surface area contributed by atoms with Crippen LogP contribution in [0.25, 0.3) is 0 Å². The molecule has 1 aliphatic rings. The molecule has 0 saturated carbocycles. The van der Waals surface area contributed by atoms with E-state index in [1.54, 1.807) is 0 Å². The third-order valence-electron chi connectivity index (χ3n) is 2.55. The van der Waals surface area contributed by atoms with Gasteiger partial charge in [-0.3, -0.25) is 4.79 Å². The fraction of sp³-hybridized carbons (Fsp3) is 0.700. The van der Waals surface area contributed by atoms with Crippen molar-refractivity contribution in [2.24, 2.45) is 5.92 Å². The smallest absolute Gasteiger partial charge is 0.407 e. The van der Waals surface area contributed by atoms with Crippen molar-refractivity contribution in [1.29, 1.82) is 5.26 Å². The molecule has 6 heteroatoms. The molecule has 2 N–H and O–H groups in total. The number of carbonyl (C=O) groups excluding carboxylic acids is 2. The first kappa shape index (κ1) is 12.3. The van der Waals surface area contributed by atoms with Crippen LogP contribution in [0.2, 0.25) is 0 Å². The maximum atomic E-state index is 11.4. The molecule has 0 aromatic rings. The van der Waals surface area contributed by atoms with Gasteiger partial charge in [-0.25, -0.2) is 4.79 Å². The van der Waals surface area contributed by atoms with Gasteiger partial charge >= 0.3 is 6.09 Å². The molecule has 1 aliphatic heterocycles. The third kappa shape index (κ3) is 3.42. The van der Waals surface area contributed by atoms with E-state index in [0.29, 0.717) is 13.0 Å². The van der Waals surface area contributed by atoms with Gasteiger partial charge in [-0.15, -0.1) is 0 Å². The summed E-state index contributed by atoms with van der Waals surface area (Å²) in [4.78, 5) is 22.4. The Hall–Kier alpha value is -1.77. The molecule has 0 radical (unpaired) electrons.